The minimum Gasteiger partial charge on any atom is -0.367 e. The summed E-state index contributed by atoms with van der Waals surface area (Å²) in [5, 5.41) is 5.36. The highest BCUT2D eigenvalue weighted by molar-refractivity contribution is 5.97. The van der Waals surface area contributed by atoms with Gasteiger partial charge in [0.25, 0.3) is 5.91 Å². The zero-order valence-corrected chi connectivity index (χ0v) is 16.2. The van der Waals surface area contributed by atoms with E-state index in [9.17, 15) is 22.8 Å². The van der Waals surface area contributed by atoms with E-state index in [0.717, 1.165) is 11.1 Å². The van der Waals surface area contributed by atoms with E-state index in [1.54, 1.807) is 49.4 Å². The van der Waals surface area contributed by atoms with Crippen molar-refractivity contribution >= 4 is 11.8 Å². The van der Waals surface area contributed by atoms with Crippen LogP contribution in [0.1, 0.15) is 34.0 Å². The highest BCUT2D eigenvalue weighted by Gasteiger charge is 2.27. The lowest BCUT2D eigenvalue weighted by Gasteiger charge is -2.14. The number of alkyl halides is 3. The number of aryl methyl sites for hydroxylation is 1. The fraction of sp³-hybridized carbons (Fsp3) is 0.333. The first-order chi connectivity index (χ1) is 13.6. The third-order valence-corrected chi connectivity index (χ3v) is 4.05. The number of carbonyl (C=O) groups excluding carboxylic acids is 2. The number of halogens is 3. The van der Waals surface area contributed by atoms with Crippen molar-refractivity contribution in [1.29, 1.82) is 0 Å². The number of nitrogens with one attached hydrogen (secondary N) is 2. The van der Waals surface area contributed by atoms with Crippen LogP contribution >= 0.6 is 0 Å². The van der Waals surface area contributed by atoms with E-state index in [4.69, 9.17) is 0 Å². The molecule has 0 spiro atoms. The van der Waals surface area contributed by atoms with Crippen LogP contribution in [0.4, 0.5) is 13.2 Å². The van der Waals surface area contributed by atoms with Gasteiger partial charge in [0.05, 0.1) is 6.61 Å². The van der Waals surface area contributed by atoms with Gasteiger partial charge >= 0.3 is 6.18 Å². The van der Waals surface area contributed by atoms with Gasteiger partial charge in [0.1, 0.15) is 12.6 Å². The summed E-state index contributed by atoms with van der Waals surface area (Å²) in [6.07, 6.45) is -4.35. The van der Waals surface area contributed by atoms with Crippen LogP contribution in [0.15, 0.2) is 48.5 Å². The van der Waals surface area contributed by atoms with Gasteiger partial charge in [-0.05, 0) is 37.1 Å². The van der Waals surface area contributed by atoms with E-state index in [1.165, 1.54) is 0 Å². The van der Waals surface area contributed by atoms with E-state index in [-0.39, 0.29) is 25.0 Å². The number of benzene rings is 2. The van der Waals surface area contributed by atoms with Crippen LogP contribution in [0.3, 0.4) is 0 Å². The summed E-state index contributed by atoms with van der Waals surface area (Å²) in [6.45, 7) is 2.25. The Morgan fingerprint density at radius 1 is 1.07 bits per heavy atom. The predicted octanol–water partition coefficient (Wildman–Crippen LogP) is 3.51. The van der Waals surface area contributed by atoms with Gasteiger partial charge in [-0.15, -0.1) is 0 Å². The molecule has 0 saturated carbocycles. The van der Waals surface area contributed by atoms with Crippen molar-refractivity contribution in [2.45, 2.75) is 39.2 Å². The standard InChI is InChI=1S/C21H23F3N2O3/c1-14-4-3-5-18(10-14)20(28)26-15(2)19(27)25-11-16-6-8-17(9-7-16)12-29-13-21(22,23)24/h3-10,15H,11-13H2,1-2H3,(H,25,27)(H,26,28). The maximum absolute atomic E-state index is 12.2. The Labute approximate surface area is 167 Å². The topological polar surface area (TPSA) is 67.4 Å². The quantitative estimate of drug-likeness (QED) is 0.703. The Bertz CT molecular complexity index is 836. The summed E-state index contributed by atoms with van der Waals surface area (Å²) in [5.41, 5.74) is 2.80. The van der Waals surface area contributed by atoms with E-state index >= 15 is 0 Å². The molecule has 2 amide bonds. The Balaban J connectivity index is 1.78. The lowest BCUT2D eigenvalue weighted by atomic mass is 10.1. The number of hydrogen-bond acceptors (Lipinski definition) is 3. The van der Waals surface area contributed by atoms with Gasteiger partial charge in [0.2, 0.25) is 5.91 Å². The SMILES string of the molecule is Cc1cccc(C(=O)NC(C)C(=O)NCc2ccc(COCC(F)(F)F)cc2)c1. The number of carbonyl (C=O) groups is 2. The molecule has 0 aliphatic rings. The van der Waals surface area contributed by atoms with Crippen LogP contribution in [-0.2, 0) is 22.7 Å². The Morgan fingerprint density at radius 3 is 2.34 bits per heavy atom. The van der Waals surface area contributed by atoms with Gasteiger partial charge in [0.15, 0.2) is 0 Å². The van der Waals surface area contributed by atoms with Crippen LogP contribution in [0.5, 0.6) is 0 Å². The van der Waals surface area contributed by atoms with Crippen LogP contribution in [0, 0.1) is 6.92 Å². The summed E-state index contributed by atoms with van der Waals surface area (Å²) in [5.74, 6) is -0.678. The van der Waals surface area contributed by atoms with Crippen LogP contribution in [-0.4, -0.2) is 30.6 Å². The van der Waals surface area contributed by atoms with E-state index < -0.39 is 18.8 Å². The molecule has 0 fully saturated rings. The average molecular weight is 408 g/mol. The highest BCUT2D eigenvalue weighted by Crippen LogP contribution is 2.15. The van der Waals surface area contributed by atoms with Crippen molar-refractivity contribution < 1.29 is 27.5 Å². The second-order valence-corrected chi connectivity index (χ2v) is 6.71. The maximum Gasteiger partial charge on any atom is 0.411 e. The molecule has 0 aromatic heterocycles. The van der Waals surface area contributed by atoms with Gasteiger partial charge in [-0.3, -0.25) is 9.59 Å². The van der Waals surface area contributed by atoms with Crippen molar-refractivity contribution in [2.75, 3.05) is 6.61 Å². The molecule has 2 rings (SSSR count). The maximum atomic E-state index is 12.2. The van der Waals surface area contributed by atoms with Crippen LogP contribution < -0.4 is 10.6 Å². The molecule has 156 valence electrons. The molecule has 5 nitrogen and oxygen atoms in total. The lowest BCUT2D eigenvalue weighted by molar-refractivity contribution is -0.176. The summed E-state index contributed by atoms with van der Waals surface area (Å²) < 4.78 is 40.8. The Hall–Kier alpha value is -2.87. The number of rotatable bonds is 8. The van der Waals surface area contributed by atoms with Crippen molar-refractivity contribution in [1.82, 2.24) is 10.6 Å². The molecular weight excluding hydrogens is 385 g/mol. The molecule has 29 heavy (non-hydrogen) atoms. The number of hydrogen-bond donors (Lipinski definition) is 2. The lowest BCUT2D eigenvalue weighted by Crippen LogP contribution is -2.44. The molecule has 2 aromatic carbocycles. The molecule has 0 aliphatic carbocycles. The molecule has 0 aliphatic heterocycles. The number of amides is 2. The fourth-order valence-corrected chi connectivity index (χ4v) is 2.51. The minimum atomic E-state index is -4.35. The molecule has 0 saturated heterocycles. The number of ether oxygens (including phenoxy) is 1. The summed E-state index contributed by atoms with van der Waals surface area (Å²) >= 11 is 0. The zero-order valence-electron chi connectivity index (χ0n) is 16.2. The molecule has 2 N–H and O–H groups in total. The van der Waals surface area contributed by atoms with Crippen molar-refractivity contribution in [3.8, 4) is 0 Å². The van der Waals surface area contributed by atoms with Crippen molar-refractivity contribution in [3.05, 3.63) is 70.8 Å². The summed E-state index contributed by atoms with van der Waals surface area (Å²) in [6, 6.07) is 13.0. The molecule has 2 aromatic rings. The van der Waals surface area contributed by atoms with Crippen LogP contribution in [0.25, 0.3) is 0 Å². The first-order valence-electron chi connectivity index (χ1n) is 9.01. The fourth-order valence-electron chi connectivity index (χ4n) is 2.51. The van der Waals surface area contributed by atoms with Gasteiger partial charge in [-0.1, -0.05) is 42.0 Å². The second-order valence-electron chi connectivity index (χ2n) is 6.71. The normalized spacial score (nSPS) is 12.3. The van der Waals surface area contributed by atoms with Gasteiger partial charge in [-0.25, -0.2) is 0 Å². The molecule has 1 unspecified atom stereocenters. The van der Waals surface area contributed by atoms with E-state index in [1.807, 2.05) is 13.0 Å². The van der Waals surface area contributed by atoms with Gasteiger partial charge in [0, 0.05) is 12.1 Å². The average Bonchev–Trinajstić information content (AvgIpc) is 2.66. The van der Waals surface area contributed by atoms with Gasteiger partial charge < -0.3 is 15.4 Å². The molecule has 0 heterocycles. The molecule has 0 radical (unpaired) electrons. The summed E-state index contributed by atoms with van der Waals surface area (Å²) in [4.78, 5) is 24.4. The molecular formula is C21H23F3N2O3. The first-order valence-corrected chi connectivity index (χ1v) is 9.01. The van der Waals surface area contributed by atoms with Crippen LogP contribution in [0.2, 0.25) is 0 Å². The molecule has 8 heteroatoms. The summed E-state index contributed by atoms with van der Waals surface area (Å²) in [7, 11) is 0. The van der Waals surface area contributed by atoms with Crippen molar-refractivity contribution in [2.24, 2.45) is 0 Å². The Kier molecular flexibility index (Phi) is 7.78. The smallest absolute Gasteiger partial charge is 0.367 e. The highest BCUT2D eigenvalue weighted by atomic mass is 19.4. The molecule has 1 atom stereocenters. The zero-order chi connectivity index (χ0) is 21.4. The van der Waals surface area contributed by atoms with Crippen molar-refractivity contribution in [3.63, 3.8) is 0 Å². The second kappa shape index (κ2) is 10.1. The van der Waals surface area contributed by atoms with E-state index in [2.05, 4.69) is 15.4 Å². The Morgan fingerprint density at radius 2 is 1.72 bits per heavy atom. The largest absolute Gasteiger partial charge is 0.411 e. The van der Waals surface area contributed by atoms with E-state index in [0.29, 0.717) is 11.1 Å². The minimum absolute atomic E-state index is 0.145. The third-order valence-electron chi connectivity index (χ3n) is 4.05. The molecule has 0 bridgehead atoms. The predicted molar refractivity (Wildman–Crippen MR) is 102 cm³/mol. The van der Waals surface area contributed by atoms with Gasteiger partial charge in [-0.2, -0.15) is 13.2 Å². The third kappa shape index (κ3) is 7.95. The monoisotopic (exact) mass is 408 g/mol. The first kappa shape index (κ1) is 22.4.